The average Bonchev–Trinajstić information content (AvgIpc) is 2.40. The van der Waals surface area contributed by atoms with E-state index < -0.39 is 11.4 Å². The average molecular weight is 319 g/mol. The predicted octanol–water partition coefficient (Wildman–Crippen LogP) is 2.51. The van der Waals surface area contributed by atoms with Gasteiger partial charge < -0.3 is 15.8 Å². The molecule has 4 nitrogen and oxygen atoms in total. The highest BCUT2D eigenvalue weighted by molar-refractivity contribution is 5.85. The van der Waals surface area contributed by atoms with Crippen molar-refractivity contribution >= 4 is 18.3 Å². The van der Waals surface area contributed by atoms with Gasteiger partial charge in [0.25, 0.3) is 0 Å². The van der Waals surface area contributed by atoms with Crippen LogP contribution in [0, 0.1) is 11.7 Å². The van der Waals surface area contributed by atoms with E-state index in [1.807, 2.05) is 20.8 Å². The molecule has 1 atom stereocenters. The van der Waals surface area contributed by atoms with E-state index in [1.165, 1.54) is 12.1 Å². The maximum atomic E-state index is 13.3. The topological polar surface area (TPSA) is 64.3 Å². The first kappa shape index (κ1) is 19.7. The van der Waals surface area contributed by atoms with Crippen LogP contribution in [0.5, 0.6) is 5.75 Å². The molecule has 0 saturated heterocycles. The summed E-state index contributed by atoms with van der Waals surface area (Å²) >= 11 is 0. The molecule has 3 N–H and O–H groups in total. The summed E-state index contributed by atoms with van der Waals surface area (Å²) in [6.07, 6.45) is 0.163. The maximum Gasteiger partial charge on any atom is 0.223 e. The number of carbonyl (C=O) groups is 1. The Morgan fingerprint density at radius 2 is 2.05 bits per heavy atom. The van der Waals surface area contributed by atoms with Crippen molar-refractivity contribution in [3.63, 3.8) is 0 Å². The normalized spacial score (nSPS) is 13.2. The van der Waals surface area contributed by atoms with Gasteiger partial charge in [0.2, 0.25) is 5.91 Å². The Morgan fingerprint density at radius 1 is 1.43 bits per heavy atom. The fraction of sp³-hybridized carbons (Fsp3) is 0.533. The molecule has 0 bridgehead atoms. The van der Waals surface area contributed by atoms with Crippen LogP contribution in [0.4, 0.5) is 4.39 Å². The summed E-state index contributed by atoms with van der Waals surface area (Å²) < 4.78 is 18.6. The van der Waals surface area contributed by atoms with Crippen molar-refractivity contribution in [2.45, 2.75) is 32.7 Å². The van der Waals surface area contributed by atoms with E-state index in [2.05, 4.69) is 5.32 Å². The third kappa shape index (κ3) is 5.89. The minimum absolute atomic E-state index is 0. The Hall–Kier alpha value is -1.33. The molecule has 1 rings (SSSR count). The van der Waals surface area contributed by atoms with E-state index in [-0.39, 0.29) is 43.0 Å². The highest BCUT2D eigenvalue weighted by atomic mass is 35.5. The van der Waals surface area contributed by atoms with Crippen molar-refractivity contribution < 1.29 is 13.9 Å². The molecule has 0 heterocycles. The zero-order valence-electron chi connectivity index (χ0n) is 12.7. The summed E-state index contributed by atoms with van der Waals surface area (Å²) in [4.78, 5) is 11.9. The quantitative estimate of drug-likeness (QED) is 0.812. The Bertz CT molecular complexity index is 457. The zero-order chi connectivity index (χ0) is 15.2. The van der Waals surface area contributed by atoms with Crippen molar-refractivity contribution in [3.05, 3.63) is 30.1 Å². The third-order valence-corrected chi connectivity index (χ3v) is 3.55. The number of rotatable bonds is 7. The summed E-state index contributed by atoms with van der Waals surface area (Å²) in [6.45, 7) is 6.41. The van der Waals surface area contributed by atoms with Gasteiger partial charge in [-0.1, -0.05) is 26.0 Å². The van der Waals surface area contributed by atoms with Crippen LogP contribution in [0.3, 0.4) is 0 Å². The van der Waals surface area contributed by atoms with Gasteiger partial charge in [-0.3, -0.25) is 4.79 Å². The summed E-state index contributed by atoms with van der Waals surface area (Å²) in [6, 6.07) is 6.12. The lowest BCUT2D eigenvalue weighted by Crippen LogP contribution is -2.55. The molecule has 1 unspecified atom stereocenters. The fourth-order valence-corrected chi connectivity index (χ4v) is 1.63. The number of nitrogens with one attached hydrogen (secondary N) is 1. The molecule has 1 aromatic carbocycles. The number of ether oxygens (including phenoxy) is 1. The van der Waals surface area contributed by atoms with Crippen molar-refractivity contribution in [2.75, 3.05) is 13.2 Å². The number of nitrogens with two attached hydrogens (primary N) is 1. The molecule has 0 spiro atoms. The number of hydrogen-bond acceptors (Lipinski definition) is 3. The van der Waals surface area contributed by atoms with E-state index in [9.17, 15) is 9.18 Å². The van der Waals surface area contributed by atoms with Crippen molar-refractivity contribution in [1.29, 1.82) is 0 Å². The molecule has 0 aromatic heterocycles. The Kier molecular flexibility index (Phi) is 8.29. The fourth-order valence-electron chi connectivity index (χ4n) is 1.63. The lowest BCUT2D eigenvalue weighted by molar-refractivity contribution is -0.123. The minimum Gasteiger partial charge on any atom is -0.490 e. The van der Waals surface area contributed by atoms with Crippen LogP contribution >= 0.6 is 12.4 Å². The van der Waals surface area contributed by atoms with Gasteiger partial charge in [0.15, 0.2) is 11.6 Å². The molecule has 0 aliphatic heterocycles. The summed E-state index contributed by atoms with van der Waals surface area (Å²) in [5, 5.41) is 2.91. The van der Waals surface area contributed by atoms with Gasteiger partial charge in [-0.2, -0.15) is 0 Å². The Labute approximate surface area is 131 Å². The van der Waals surface area contributed by atoms with Crippen LogP contribution in [0.2, 0.25) is 0 Å². The largest absolute Gasteiger partial charge is 0.490 e. The second kappa shape index (κ2) is 8.85. The first-order chi connectivity index (χ1) is 9.39. The van der Waals surface area contributed by atoms with Crippen LogP contribution in [-0.2, 0) is 4.79 Å². The van der Waals surface area contributed by atoms with Gasteiger partial charge in [-0.05, 0) is 25.0 Å². The van der Waals surface area contributed by atoms with E-state index in [1.54, 1.807) is 12.1 Å². The smallest absolute Gasteiger partial charge is 0.223 e. The number of para-hydroxylation sites is 1. The van der Waals surface area contributed by atoms with Crippen LogP contribution < -0.4 is 15.8 Å². The highest BCUT2D eigenvalue weighted by Gasteiger charge is 2.28. The maximum absolute atomic E-state index is 13.3. The highest BCUT2D eigenvalue weighted by Crippen LogP contribution is 2.16. The molecule has 0 saturated carbocycles. The Morgan fingerprint density at radius 3 is 2.57 bits per heavy atom. The van der Waals surface area contributed by atoms with Gasteiger partial charge in [0, 0.05) is 6.54 Å². The number of benzene rings is 1. The predicted molar refractivity (Wildman–Crippen MR) is 84.2 cm³/mol. The van der Waals surface area contributed by atoms with Gasteiger partial charge in [-0.15, -0.1) is 12.4 Å². The number of carbonyl (C=O) groups excluding carboxylic acids is 1. The molecule has 120 valence electrons. The third-order valence-electron chi connectivity index (χ3n) is 3.55. The molecule has 0 aliphatic carbocycles. The van der Waals surface area contributed by atoms with Gasteiger partial charge in [0.1, 0.15) is 0 Å². The second-order valence-electron chi connectivity index (χ2n) is 5.35. The summed E-state index contributed by atoms with van der Waals surface area (Å²) in [7, 11) is 0. The van der Waals surface area contributed by atoms with Gasteiger partial charge in [0.05, 0.1) is 18.6 Å². The monoisotopic (exact) mass is 318 g/mol. The SMILES string of the molecule is CC(C)C(C)(CN)NC(=O)CCOc1ccccc1F.Cl. The number of hydrogen-bond donors (Lipinski definition) is 2. The molecule has 21 heavy (non-hydrogen) atoms. The first-order valence-corrected chi connectivity index (χ1v) is 6.77. The van der Waals surface area contributed by atoms with Crippen molar-refractivity contribution in [1.82, 2.24) is 5.32 Å². The minimum atomic E-state index is -0.435. The second-order valence-corrected chi connectivity index (χ2v) is 5.35. The standard InChI is InChI=1S/C15H23FN2O2.ClH/c1-11(2)15(3,10-17)18-14(19)8-9-20-13-7-5-4-6-12(13)16;/h4-7,11H,8-10,17H2,1-3H3,(H,18,19);1H. The van der Waals surface area contributed by atoms with Crippen LogP contribution in [0.15, 0.2) is 24.3 Å². The molecule has 0 fully saturated rings. The zero-order valence-corrected chi connectivity index (χ0v) is 13.5. The molecule has 6 heteroatoms. The molecular formula is C15H24ClFN2O2. The van der Waals surface area contributed by atoms with E-state index >= 15 is 0 Å². The molecule has 1 aromatic rings. The summed E-state index contributed by atoms with van der Waals surface area (Å²) in [5.41, 5.74) is 5.26. The summed E-state index contributed by atoms with van der Waals surface area (Å²) in [5.74, 6) is -0.195. The molecule has 1 amide bonds. The van der Waals surface area contributed by atoms with Crippen molar-refractivity contribution in [3.8, 4) is 5.75 Å². The van der Waals surface area contributed by atoms with Gasteiger partial charge >= 0.3 is 0 Å². The van der Waals surface area contributed by atoms with E-state index in [4.69, 9.17) is 10.5 Å². The number of amides is 1. The molecule has 0 radical (unpaired) electrons. The number of halogens is 2. The molecular weight excluding hydrogens is 295 g/mol. The van der Waals surface area contributed by atoms with Crippen molar-refractivity contribution in [2.24, 2.45) is 11.7 Å². The lowest BCUT2D eigenvalue weighted by Gasteiger charge is -2.33. The molecule has 0 aliphatic rings. The van der Waals surface area contributed by atoms with Crippen LogP contribution in [-0.4, -0.2) is 24.6 Å². The van der Waals surface area contributed by atoms with E-state index in [0.717, 1.165) is 0 Å². The Balaban J connectivity index is 0.00000400. The first-order valence-electron chi connectivity index (χ1n) is 6.77. The van der Waals surface area contributed by atoms with E-state index in [0.29, 0.717) is 6.54 Å². The van der Waals surface area contributed by atoms with Crippen LogP contribution in [0.1, 0.15) is 27.2 Å². The van der Waals surface area contributed by atoms with Gasteiger partial charge in [-0.25, -0.2) is 4.39 Å². The lowest BCUT2D eigenvalue weighted by atomic mass is 9.88. The van der Waals surface area contributed by atoms with Crippen LogP contribution in [0.25, 0.3) is 0 Å².